The van der Waals surface area contributed by atoms with Crippen LogP contribution in [0.4, 0.5) is 13.9 Å². The predicted molar refractivity (Wildman–Crippen MR) is 79.4 cm³/mol. The fraction of sp³-hybridized carbons (Fsp3) is 0.467. The third-order valence-corrected chi connectivity index (χ3v) is 4.28. The van der Waals surface area contributed by atoms with E-state index in [0.29, 0.717) is 16.6 Å². The molecular weight excluding hydrogens is 292 g/mol. The molecule has 3 nitrogen and oxygen atoms in total. The molecule has 1 saturated carbocycles. The maximum absolute atomic E-state index is 14.0. The molecule has 1 aliphatic rings. The van der Waals surface area contributed by atoms with Crippen LogP contribution in [-0.4, -0.2) is 9.36 Å². The zero-order valence-corrected chi connectivity index (χ0v) is 12.8. The van der Waals surface area contributed by atoms with Gasteiger partial charge in [-0.1, -0.05) is 13.8 Å². The van der Waals surface area contributed by atoms with Crippen molar-refractivity contribution in [1.82, 2.24) is 9.36 Å². The average molecular weight is 309 g/mol. The van der Waals surface area contributed by atoms with Crippen LogP contribution in [0.3, 0.4) is 0 Å². The molecule has 1 heterocycles. The molecule has 2 aromatic rings. The maximum atomic E-state index is 14.0. The van der Waals surface area contributed by atoms with Crippen LogP contribution in [0.25, 0.3) is 0 Å². The van der Waals surface area contributed by atoms with Gasteiger partial charge in [0, 0.05) is 23.0 Å². The molecule has 112 valence electrons. The maximum Gasteiger partial charge on any atom is 0.203 e. The molecule has 1 aromatic heterocycles. The molecule has 0 radical (unpaired) electrons. The van der Waals surface area contributed by atoms with Crippen LogP contribution in [0, 0.1) is 17.6 Å². The van der Waals surface area contributed by atoms with Gasteiger partial charge in [-0.05, 0) is 37.0 Å². The molecule has 1 fully saturated rings. The van der Waals surface area contributed by atoms with E-state index in [2.05, 4.69) is 14.7 Å². The van der Waals surface area contributed by atoms with Crippen molar-refractivity contribution >= 4 is 16.7 Å². The second-order valence-corrected chi connectivity index (χ2v) is 6.49. The molecule has 21 heavy (non-hydrogen) atoms. The third-order valence-electron chi connectivity index (χ3n) is 3.62. The van der Waals surface area contributed by atoms with Gasteiger partial charge in [0.25, 0.3) is 0 Å². The number of halogens is 2. The van der Waals surface area contributed by atoms with Crippen LogP contribution in [0.15, 0.2) is 18.2 Å². The Morgan fingerprint density at radius 1 is 1.29 bits per heavy atom. The number of benzene rings is 1. The largest absolute Gasteiger partial charge is 0.353 e. The Morgan fingerprint density at radius 2 is 2.05 bits per heavy atom. The normalized spacial score (nSPS) is 16.2. The van der Waals surface area contributed by atoms with Crippen molar-refractivity contribution in [3.05, 3.63) is 41.2 Å². The van der Waals surface area contributed by atoms with Gasteiger partial charge in [0.05, 0.1) is 6.04 Å². The Labute approximate surface area is 126 Å². The number of nitrogens with zero attached hydrogens (tertiary/aromatic N) is 2. The Morgan fingerprint density at radius 3 is 2.67 bits per heavy atom. The molecule has 1 atom stereocenters. The van der Waals surface area contributed by atoms with Crippen LogP contribution < -0.4 is 5.32 Å². The molecule has 0 amide bonds. The van der Waals surface area contributed by atoms with Crippen molar-refractivity contribution in [2.24, 2.45) is 5.92 Å². The Kier molecular flexibility index (Phi) is 3.89. The Balaban J connectivity index is 1.86. The average Bonchev–Trinajstić information content (AvgIpc) is 3.17. The van der Waals surface area contributed by atoms with Crippen LogP contribution in [0.5, 0.6) is 0 Å². The summed E-state index contributed by atoms with van der Waals surface area (Å²) < 4.78 is 31.7. The lowest BCUT2D eigenvalue weighted by Crippen LogP contribution is -2.15. The summed E-state index contributed by atoms with van der Waals surface area (Å²) in [6.07, 6.45) is 2.03. The highest BCUT2D eigenvalue weighted by Crippen LogP contribution is 2.44. The molecular formula is C15H17F2N3S. The van der Waals surface area contributed by atoms with E-state index in [1.807, 2.05) is 13.8 Å². The standard InChI is InChI=1S/C15H17F2N3S/c1-8(2)14-19-15(21-20-14)18-13(9-3-4-9)11-7-10(16)5-6-12(11)17/h5-9,13H,3-4H2,1-2H3,(H,18,19,20). The third kappa shape index (κ3) is 3.20. The van der Waals surface area contributed by atoms with Crippen LogP contribution in [0.1, 0.15) is 50.0 Å². The zero-order chi connectivity index (χ0) is 15.0. The molecule has 6 heteroatoms. The van der Waals surface area contributed by atoms with Gasteiger partial charge in [0.1, 0.15) is 17.5 Å². The molecule has 0 aliphatic heterocycles. The number of rotatable bonds is 5. The van der Waals surface area contributed by atoms with E-state index < -0.39 is 5.82 Å². The lowest BCUT2D eigenvalue weighted by molar-refractivity contribution is 0.554. The van der Waals surface area contributed by atoms with Crippen LogP contribution in [-0.2, 0) is 0 Å². The first-order chi connectivity index (χ1) is 10.0. The molecule has 1 N–H and O–H groups in total. The molecule has 3 rings (SSSR count). The number of nitrogens with one attached hydrogen (secondary N) is 1. The van der Waals surface area contributed by atoms with Crippen LogP contribution >= 0.6 is 11.5 Å². The number of anilines is 1. The summed E-state index contributed by atoms with van der Waals surface area (Å²) in [7, 11) is 0. The van der Waals surface area contributed by atoms with Gasteiger partial charge < -0.3 is 5.32 Å². The van der Waals surface area contributed by atoms with E-state index >= 15 is 0 Å². The summed E-state index contributed by atoms with van der Waals surface area (Å²) in [5, 5.41) is 3.90. The Bertz CT molecular complexity index is 638. The van der Waals surface area contributed by atoms with E-state index in [0.717, 1.165) is 24.7 Å². The van der Waals surface area contributed by atoms with E-state index in [-0.39, 0.29) is 17.8 Å². The lowest BCUT2D eigenvalue weighted by atomic mass is 10.0. The van der Waals surface area contributed by atoms with Gasteiger partial charge in [-0.15, -0.1) is 0 Å². The van der Waals surface area contributed by atoms with Crippen molar-refractivity contribution in [3.63, 3.8) is 0 Å². The molecule has 1 unspecified atom stereocenters. The van der Waals surface area contributed by atoms with Gasteiger partial charge in [0.2, 0.25) is 5.13 Å². The lowest BCUT2D eigenvalue weighted by Gasteiger charge is -2.18. The highest BCUT2D eigenvalue weighted by atomic mass is 32.1. The van der Waals surface area contributed by atoms with Gasteiger partial charge in [-0.25, -0.2) is 13.8 Å². The first kappa shape index (κ1) is 14.4. The molecule has 1 aliphatic carbocycles. The first-order valence-corrected chi connectivity index (χ1v) is 7.87. The predicted octanol–water partition coefficient (Wildman–Crippen LogP) is 4.50. The monoisotopic (exact) mass is 309 g/mol. The van der Waals surface area contributed by atoms with Crippen molar-refractivity contribution in [2.45, 2.75) is 38.6 Å². The van der Waals surface area contributed by atoms with E-state index in [4.69, 9.17) is 0 Å². The van der Waals surface area contributed by atoms with Crippen molar-refractivity contribution in [3.8, 4) is 0 Å². The summed E-state index contributed by atoms with van der Waals surface area (Å²) in [6, 6.07) is 3.36. The van der Waals surface area contributed by atoms with Gasteiger partial charge in [0.15, 0.2) is 0 Å². The molecule has 0 spiro atoms. The molecule has 0 saturated heterocycles. The van der Waals surface area contributed by atoms with Crippen molar-refractivity contribution < 1.29 is 8.78 Å². The van der Waals surface area contributed by atoms with E-state index in [9.17, 15) is 8.78 Å². The highest BCUT2D eigenvalue weighted by molar-refractivity contribution is 7.09. The van der Waals surface area contributed by atoms with E-state index in [1.165, 1.54) is 23.7 Å². The zero-order valence-electron chi connectivity index (χ0n) is 11.9. The number of hydrogen-bond acceptors (Lipinski definition) is 4. The number of hydrogen-bond donors (Lipinski definition) is 1. The second-order valence-electron chi connectivity index (χ2n) is 5.74. The van der Waals surface area contributed by atoms with Crippen molar-refractivity contribution in [2.75, 3.05) is 5.32 Å². The summed E-state index contributed by atoms with van der Waals surface area (Å²) in [5.74, 6) is 0.555. The minimum absolute atomic E-state index is 0.242. The first-order valence-electron chi connectivity index (χ1n) is 7.09. The summed E-state index contributed by atoms with van der Waals surface area (Å²) in [5.41, 5.74) is 0.374. The minimum atomic E-state index is -0.418. The number of aromatic nitrogens is 2. The summed E-state index contributed by atoms with van der Waals surface area (Å²) in [6.45, 7) is 4.05. The highest BCUT2D eigenvalue weighted by Gasteiger charge is 2.34. The quantitative estimate of drug-likeness (QED) is 0.883. The summed E-state index contributed by atoms with van der Waals surface area (Å²) >= 11 is 1.27. The van der Waals surface area contributed by atoms with Gasteiger partial charge in [-0.2, -0.15) is 4.37 Å². The minimum Gasteiger partial charge on any atom is -0.353 e. The summed E-state index contributed by atoms with van der Waals surface area (Å²) in [4.78, 5) is 4.42. The molecule has 0 bridgehead atoms. The topological polar surface area (TPSA) is 37.8 Å². The van der Waals surface area contributed by atoms with Crippen LogP contribution in [0.2, 0.25) is 0 Å². The second kappa shape index (κ2) is 5.67. The molecule has 1 aromatic carbocycles. The van der Waals surface area contributed by atoms with Gasteiger partial charge >= 0.3 is 0 Å². The Hall–Kier alpha value is -1.56. The fourth-order valence-corrected chi connectivity index (χ4v) is 3.04. The van der Waals surface area contributed by atoms with E-state index in [1.54, 1.807) is 0 Å². The van der Waals surface area contributed by atoms with Crippen molar-refractivity contribution in [1.29, 1.82) is 0 Å². The smallest absolute Gasteiger partial charge is 0.203 e. The SMILES string of the molecule is CC(C)c1nsc(NC(c2cc(F)ccc2F)C2CC2)n1. The van der Waals surface area contributed by atoms with Gasteiger partial charge in [-0.3, -0.25) is 0 Å². The fourth-order valence-electron chi connectivity index (χ4n) is 2.29.